The number of ketones is 1. The molecule has 1 aliphatic rings. The molecular formula is C23H21NO3. The smallest absolute Gasteiger partial charge is 0.189 e. The van der Waals surface area contributed by atoms with E-state index in [0.29, 0.717) is 5.39 Å². The van der Waals surface area contributed by atoms with Crippen molar-refractivity contribution in [2.75, 3.05) is 18.0 Å². The van der Waals surface area contributed by atoms with Crippen molar-refractivity contribution >= 4 is 28.3 Å². The van der Waals surface area contributed by atoms with Crippen LogP contribution in [-0.2, 0) is 0 Å². The van der Waals surface area contributed by atoms with Crippen LogP contribution in [0.4, 0.5) is 5.69 Å². The van der Waals surface area contributed by atoms with Crippen LogP contribution in [0.2, 0.25) is 0 Å². The number of hydrogen-bond donors (Lipinski definition) is 2. The van der Waals surface area contributed by atoms with Crippen LogP contribution < -0.4 is 4.90 Å². The van der Waals surface area contributed by atoms with Crippen molar-refractivity contribution in [3.05, 3.63) is 71.8 Å². The molecule has 0 radical (unpaired) electrons. The lowest BCUT2D eigenvalue weighted by molar-refractivity contribution is 0.104. The van der Waals surface area contributed by atoms with E-state index >= 15 is 0 Å². The van der Waals surface area contributed by atoms with E-state index in [1.54, 1.807) is 24.3 Å². The first-order chi connectivity index (χ1) is 13.1. The number of nitrogens with zero attached hydrogens (tertiary/aromatic N) is 1. The van der Waals surface area contributed by atoms with Crippen molar-refractivity contribution in [3.8, 4) is 11.5 Å². The van der Waals surface area contributed by atoms with Crippen LogP contribution in [0.3, 0.4) is 0 Å². The molecule has 1 fully saturated rings. The van der Waals surface area contributed by atoms with Crippen LogP contribution in [0.1, 0.15) is 28.8 Å². The standard InChI is InChI=1S/C23H21NO3/c25-21(19-10-9-17-5-1-2-6-18(17)23(19)27)12-8-16-7-11-20(22(26)15-16)24-13-3-4-14-24/h1-2,5-12,15,26-27H,3-4,13-14H2/b12-8+. The van der Waals surface area contributed by atoms with Crippen LogP contribution >= 0.6 is 0 Å². The number of carbonyl (C=O) groups is 1. The maximum atomic E-state index is 12.5. The van der Waals surface area contributed by atoms with Crippen LogP contribution in [0.15, 0.2) is 60.7 Å². The van der Waals surface area contributed by atoms with E-state index in [2.05, 4.69) is 4.90 Å². The number of allylic oxidation sites excluding steroid dienone is 1. The molecular weight excluding hydrogens is 338 g/mol. The maximum absolute atomic E-state index is 12.5. The zero-order chi connectivity index (χ0) is 18.8. The van der Waals surface area contributed by atoms with Gasteiger partial charge in [0.2, 0.25) is 0 Å². The molecule has 0 saturated carbocycles. The molecule has 3 aromatic carbocycles. The van der Waals surface area contributed by atoms with Crippen LogP contribution in [0.25, 0.3) is 16.8 Å². The molecule has 0 atom stereocenters. The third kappa shape index (κ3) is 3.38. The number of phenolic OH excluding ortho intramolecular Hbond substituents is 2. The molecule has 0 unspecified atom stereocenters. The van der Waals surface area contributed by atoms with Crippen LogP contribution in [0.5, 0.6) is 11.5 Å². The summed E-state index contributed by atoms with van der Waals surface area (Å²) in [5, 5.41) is 22.3. The van der Waals surface area contributed by atoms with Gasteiger partial charge >= 0.3 is 0 Å². The summed E-state index contributed by atoms with van der Waals surface area (Å²) in [6.07, 6.45) is 5.37. The SMILES string of the molecule is O=C(/C=C/c1ccc(N2CCCC2)c(O)c1)c1ccc2ccccc2c1O. The topological polar surface area (TPSA) is 60.8 Å². The first kappa shape index (κ1) is 17.2. The van der Waals surface area contributed by atoms with Gasteiger partial charge in [-0.25, -0.2) is 0 Å². The Morgan fingerprint density at radius 2 is 1.74 bits per heavy atom. The maximum Gasteiger partial charge on any atom is 0.189 e. The molecule has 4 heteroatoms. The van der Waals surface area contributed by atoms with Crippen molar-refractivity contribution in [1.82, 2.24) is 0 Å². The number of aromatic hydroxyl groups is 2. The monoisotopic (exact) mass is 359 g/mol. The molecule has 4 nitrogen and oxygen atoms in total. The highest BCUT2D eigenvalue weighted by atomic mass is 16.3. The number of benzene rings is 3. The lowest BCUT2D eigenvalue weighted by Gasteiger charge is -2.18. The van der Waals surface area contributed by atoms with E-state index in [9.17, 15) is 15.0 Å². The minimum atomic E-state index is -0.277. The molecule has 0 bridgehead atoms. The highest BCUT2D eigenvalue weighted by Crippen LogP contribution is 2.32. The Bertz CT molecular complexity index is 1030. The molecule has 0 aromatic heterocycles. The lowest BCUT2D eigenvalue weighted by atomic mass is 10.0. The minimum absolute atomic E-state index is 0.00465. The number of phenols is 2. The molecule has 1 heterocycles. The van der Waals surface area contributed by atoms with E-state index in [1.165, 1.54) is 6.08 Å². The van der Waals surface area contributed by atoms with E-state index in [4.69, 9.17) is 0 Å². The summed E-state index contributed by atoms with van der Waals surface area (Å²) in [4.78, 5) is 14.7. The number of fused-ring (bicyclic) bond motifs is 1. The molecule has 136 valence electrons. The third-order valence-electron chi connectivity index (χ3n) is 5.04. The summed E-state index contributed by atoms with van der Waals surface area (Å²) in [5.41, 5.74) is 1.84. The summed E-state index contributed by atoms with van der Waals surface area (Å²) < 4.78 is 0. The predicted molar refractivity (Wildman–Crippen MR) is 109 cm³/mol. The molecule has 1 saturated heterocycles. The van der Waals surface area contributed by atoms with Gasteiger partial charge < -0.3 is 15.1 Å². The second kappa shape index (κ2) is 7.16. The Labute approximate surface area is 158 Å². The molecule has 4 rings (SSSR count). The highest BCUT2D eigenvalue weighted by Gasteiger charge is 2.16. The van der Waals surface area contributed by atoms with Gasteiger partial charge in [0.05, 0.1) is 11.3 Å². The van der Waals surface area contributed by atoms with E-state index in [-0.39, 0.29) is 22.8 Å². The van der Waals surface area contributed by atoms with Crippen molar-refractivity contribution < 1.29 is 15.0 Å². The zero-order valence-corrected chi connectivity index (χ0v) is 14.9. The van der Waals surface area contributed by atoms with Gasteiger partial charge in [0, 0.05) is 18.5 Å². The average Bonchev–Trinajstić information content (AvgIpc) is 3.21. The molecule has 2 N–H and O–H groups in total. The summed E-state index contributed by atoms with van der Waals surface area (Å²) in [6.45, 7) is 1.92. The Hall–Kier alpha value is -3.27. The Kier molecular flexibility index (Phi) is 4.55. The zero-order valence-electron chi connectivity index (χ0n) is 14.9. The fourth-order valence-electron chi connectivity index (χ4n) is 3.59. The largest absolute Gasteiger partial charge is 0.507 e. The first-order valence-electron chi connectivity index (χ1n) is 9.14. The summed E-state index contributed by atoms with van der Waals surface area (Å²) in [7, 11) is 0. The summed E-state index contributed by atoms with van der Waals surface area (Å²) in [6, 6.07) is 16.3. The molecule has 0 spiro atoms. The lowest BCUT2D eigenvalue weighted by Crippen LogP contribution is -2.17. The Balaban J connectivity index is 1.57. The van der Waals surface area contributed by atoms with E-state index in [1.807, 2.05) is 36.4 Å². The van der Waals surface area contributed by atoms with Crippen molar-refractivity contribution in [2.24, 2.45) is 0 Å². The fourth-order valence-corrected chi connectivity index (χ4v) is 3.59. The van der Waals surface area contributed by atoms with Gasteiger partial charge in [0.1, 0.15) is 11.5 Å². The summed E-state index contributed by atoms with van der Waals surface area (Å²) in [5.74, 6) is -0.0589. The number of carbonyl (C=O) groups excluding carboxylic acids is 1. The van der Waals surface area contributed by atoms with Gasteiger partial charge in [-0.05, 0) is 48.1 Å². The normalized spacial score (nSPS) is 14.3. The second-order valence-electron chi connectivity index (χ2n) is 6.82. The Morgan fingerprint density at radius 3 is 2.52 bits per heavy atom. The fraction of sp³-hybridized carbons (Fsp3) is 0.174. The van der Waals surface area contributed by atoms with E-state index in [0.717, 1.165) is 42.6 Å². The summed E-state index contributed by atoms with van der Waals surface area (Å²) >= 11 is 0. The molecule has 0 aliphatic carbocycles. The molecule has 27 heavy (non-hydrogen) atoms. The van der Waals surface area contributed by atoms with Crippen molar-refractivity contribution in [3.63, 3.8) is 0 Å². The minimum Gasteiger partial charge on any atom is -0.507 e. The third-order valence-corrected chi connectivity index (χ3v) is 5.04. The number of anilines is 1. The molecule has 1 aliphatic heterocycles. The quantitative estimate of drug-likeness (QED) is 0.521. The van der Waals surface area contributed by atoms with Crippen molar-refractivity contribution in [1.29, 1.82) is 0 Å². The van der Waals surface area contributed by atoms with Crippen molar-refractivity contribution in [2.45, 2.75) is 12.8 Å². The number of hydrogen-bond acceptors (Lipinski definition) is 4. The van der Waals surface area contributed by atoms with Crippen LogP contribution in [-0.4, -0.2) is 29.1 Å². The molecule has 3 aromatic rings. The Morgan fingerprint density at radius 1 is 0.963 bits per heavy atom. The first-order valence-corrected chi connectivity index (χ1v) is 9.14. The average molecular weight is 359 g/mol. The van der Waals surface area contributed by atoms with Crippen LogP contribution in [0, 0.1) is 0 Å². The van der Waals surface area contributed by atoms with Gasteiger partial charge in [-0.2, -0.15) is 0 Å². The van der Waals surface area contributed by atoms with Gasteiger partial charge in [0.15, 0.2) is 5.78 Å². The highest BCUT2D eigenvalue weighted by molar-refractivity contribution is 6.11. The predicted octanol–water partition coefficient (Wildman–Crippen LogP) is 4.75. The van der Waals surface area contributed by atoms with Gasteiger partial charge in [-0.1, -0.05) is 42.5 Å². The van der Waals surface area contributed by atoms with E-state index < -0.39 is 0 Å². The number of rotatable bonds is 4. The molecule has 0 amide bonds. The van der Waals surface area contributed by atoms with Gasteiger partial charge in [-0.3, -0.25) is 4.79 Å². The second-order valence-corrected chi connectivity index (χ2v) is 6.82. The van der Waals surface area contributed by atoms with Gasteiger partial charge in [-0.15, -0.1) is 0 Å². The van der Waals surface area contributed by atoms with Gasteiger partial charge in [0.25, 0.3) is 0 Å².